The lowest BCUT2D eigenvalue weighted by Gasteiger charge is -1.97. The number of hydrogen-bond acceptors (Lipinski definition) is 6. The summed E-state index contributed by atoms with van der Waals surface area (Å²) in [6.45, 7) is 0. The number of H-pyrrole nitrogens is 2. The molecular formula is C18H18N4O6S2. The first-order valence-electron chi connectivity index (χ1n) is 9.03. The van der Waals surface area contributed by atoms with Gasteiger partial charge in [0, 0.05) is 12.8 Å². The van der Waals surface area contributed by atoms with Gasteiger partial charge in [-0.1, -0.05) is 12.1 Å². The summed E-state index contributed by atoms with van der Waals surface area (Å²) >= 11 is 0. The topological polar surface area (TPSA) is 166 Å². The summed E-state index contributed by atoms with van der Waals surface area (Å²) in [6, 6.07) is 9.00. The molecule has 0 fully saturated rings. The zero-order valence-corrected chi connectivity index (χ0v) is 17.2. The van der Waals surface area contributed by atoms with E-state index < -0.39 is 20.2 Å². The van der Waals surface area contributed by atoms with Crippen molar-refractivity contribution in [2.45, 2.75) is 35.5 Å². The van der Waals surface area contributed by atoms with Crippen molar-refractivity contribution >= 4 is 42.3 Å². The molecule has 0 saturated heterocycles. The van der Waals surface area contributed by atoms with Crippen LogP contribution in [-0.2, 0) is 33.1 Å². The van der Waals surface area contributed by atoms with Crippen LogP contribution < -0.4 is 0 Å². The van der Waals surface area contributed by atoms with Crippen LogP contribution in [0, 0.1) is 0 Å². The SMILES string of the molecule is O=S(=O)(O)c1cccc2[nH]c(CCCCc3nc4c(S(=O)(=O)O)cccc4[nH]3)nc12. The summed E-state index contributed by atoms with van der Waals surface area (Å²) in [5, 5.41) is 0. The zero-order valence-electron chi connectivity index (χ0n) is 15.5. The predicted molar refractivity (Wildman–Crippen MR) is 108 cm³/mol. The Balaban J connectivity index is 1.45. The molecule has 12 heteroatoms. The summed E-state index contributed by atoms with van der Waals surface area (Å²) in [6.07, 6.45) is 2.53. The van der Waals surface area contributed by atoms with E-state index in [0.29, 0.717) is 48.4 Å². The third-order valence-corrected chi connectivity index (χ3v) is 6.45. The largest absolute Gasteiger partial charge is 0.342 e. The van der Waals surface area contributed by atoms with Crippen molar-refractivity contribution in [1.82, 2.24) is 19.9 Å². The number of para-hydroxylation sites is 2. The molecule has 0 unspecified atom stereocenters. The van der Waals surface area contributed by atoms with Crippen LogP contribution in [0.5, 0.6) is 0 Å². The van der Waals surface area contributed by atoms with Crippen molar-refractivity contribution < 1.29 is 25.9 Å². The van der Waals surface area contributed by atoms with Crippen LogP contribution in [0.2, 0.25) is 0 Å². The Bertz CT molecular complexity index is 1340. The summed E-state index contributed by atoms with van der Waals surface area (Å²) in [7, 11) is -8.72. The Morgan fingerprint density at radius 1 is 0.700 bits per heavy atom. The fraction of sp³-hybridized carbons (Fsp3) is 0.222. The Labute approximate surface area is 171 Å². The molecule has 10 nitrogen and oxygen atoms in total. The van der Waals surface area contributed by atoms with E-state index in [4.69, 9.17) is 0 Å². The van der Waals surface area contributed by atoms with Crippen LogP contribution in [-0.4, -0.2) is 45.9 Å². The first-order chi connectivity index (χ1) is 14.1. The molecule has 0 radical (unpaired) electrons. The highest BCUT2D eigenvalue weighted by Gasteiger charge is 2.18. The number of nitrogens with one attached hydrogen (secondary N) is 2. The highest BCUT2D eigenvalue weighted by atomic mass is 32.2. The minimum Gasteiger partial charge on any atom is -0.342 e. The van der Waals surface area contributed by atoms with E-state index in [2.05, 4.69) is 19.9 Å². The van der Waals surface area contributed by atoms with Crippen LogP contribution in [0.25, 0.3) is 22.1 Å². The highest BCUT2D eigenvalue weighted by molar-refractivity contribution is 7.86. The minimum atomic E-state index is -4.36. The van der Waals surface area contributed by atoms with E-state index in [-0.39, 0.29) is 20.8 Å². The number of hydrogen-bond donors (Lipinski definition) is 4. The van der Waals surface area contributed by atoms with Crippen LogP contribution in [0.3, 0.4) is 0 Å². The first kappa shape index (κ1) is 20.5. The summed E-state index contributed by atoms with van der Waals surface area (Å²) in [5.41, 5.74) is 1.44. The normalized spacial score (nSPS) is 12.7. The molecule has 0 bridgehead atoms. The van der Waals surface area contributed by atoms with Gasteiger partial charge >= 0.3 is 0 Å². The summed E-state index contributed by atoms with van der Waals surface area (Å²) in [4.78, 5) is 14.2. The van der Waals surface area contributed by atoms with Gasteiger partial charge in [-0.15, -0.1) is 0 Å². The van der Waals surface area contributed by atoms with E-state index in [1.54, 1.807) is 12.1 Å². The lowest BCUT2D eigenvalue weighted by molar-refractivity contribution is 0.481. The monoisotopic (exact) mass is 450 g/mol. The van der Waals surface area contributed by atoms with Gasteiger partial charge in [-0.2, -0.15) is 16.8 Å². The van der Waals surface area contributed by atoms with Crippen molar-refractivity contribution in [2.24, 2.45) is 0 Å². The predicted octanol–water partition coefficient (Wildman–Crippen LogP) is 2.50. The second kappa shape index (κ2) is 7.47. The minimum absolute atomic E-state index is 0.199. The van der Waals surface area contributed by atoms with Gasteiger partial charge < -0.3 is 9.97 Å². The maximum atomic E-state index is 11.5. The fourth-order valence-corrected chi connectivity index (χ4v) is 4.65. The van der Waals surface area contributed by atoms with Crippen molar-refractivity contribution in [3.63, 3.8) is 0 Å². The molecule has 30 heavy (non-hydrogen) atoms. The summed E-state index contributed by atoms with van der Waals surface area (Å²) < 4.78 is 64.5. The molecule has 0 atom stereocenters. The number of nitrogens with zero attached hydrogens (tertiary/aromatic N) is 2. The lowest BCUT2D eigenvalue weighted by Crippen LogP contribution is -1.99. The molecule has 2 aromatic heterocycles. The fourth-order valence-electron chi connectivity index (χ4n) is 3.35. The third-order valence-electron chi connectivity index (χ3n) is 4.68. The quantitative estimate of drug-likeness (QED) is 0.246. The molecule has 0 aliphatic heterocycles. The molecule has 4 aromatic rings. The van der Waals surface area contributed by atoms with E-state index >= 15 is 0 Å². The molecule has 0 aliphatic rings. The first-order valence-corrected chi connectivity index (χ1v) is 11.9. The van der Waals surface area contributed by atoms with E-state index in [0.717, 1.165) is 0 Å². The van der Waals surface area contributed by atoms with Crippen molar-refractivity contribution in [3.8, 4) is 0 Å². The van der Waals surface area contributed by atoms with Gasteiger partial charge in [0.25, 0.3) is 20.2 Å². The molecule has 0 saturated carbocycles. The molecule has 0 spiro atoms. The average Bonchev–Trinajstić information content (AvgIpc) is 3.25. The zero-order chi connectivity index (χ0) is 21.5. The molecule has 2 aromatic carbocycles. The number of benzene rings is 2. The molecule has 0 amide bonds. The molecule has 2 heterocycles. The smallest absolute Gasteiger partial charge is 0.296 e. The van der Waals surface area contributed by atoms with Gasteiger partial charge in [-0.05, 0) is 37.1 Å². The standard InChI is InChI=1S/C18H18N4O6S2/c23-29(24,25)13-7-3-5-11-17(13)21-15(19-11)9-1-2-10-16-20-12-6-4-8-14(18(12)22-16)30(26,27)28/h3-8H,1-2,9-10H2,(H,19,21)(H,20,22)(H,23,24,25)(H,26,27,28). The van der Waals surface area contributed by atoms with Crippen LogP contribution in [0.15, 0.2) is 46.2 Å². The van der Waals surface area contributed by atoms with Gasteiger partial charge in [0.05, 0.1) is 11.0 Å². The van der Waals surface area contributed by atoms with Crippen molar-refractivity contribution in [1.29, 1.82) is 0 Å². The van der Waals surface area contributed by atoms with Crippen LogP contribution in [0.4, 0.5) is 0 Å². The molecular weight excluding hydrogens is 432 g/mol. The van der Waals surface area contributed by atoms with Gasteiger partial charge in [0.2, 0.25) is 0 Å². The molecule has 4 rings (SSSR count). The van der Waals surface area contributed by atoms with Crippen molar-refractivity contribution in [2.75, 3.05) is 0 Å². The number of aromatic amines is 2. The van der Waals surface area contributed by atoms with E-state index in [9.17, 15) is 25.9 Å². The van der Waals surface area contributed by atoms with E-state index in [1.165, 1.54) is 24.3 Å². The second-order valence-electron chi connectivity index (χ2n) is 6.83. The highest BCUT2D eigenvalue weighted by Crippen LogP contribution is 2.23. The number of rotatable bonds is 7. The second-order valence-corrected chi connectivity index (χ2v) is 9.61. The van der Waals surface area contributed by atoms with Gasteiger partial charge in [-0.3, -0.25) is 9.11 Å². The molecule has 158 valence electrons. The number of aromatic nitrogens is 4. The maximum absolute atomic E-state index is 11.5. The Hall–Kier alpha value is -2.80. The van der Waals surface area contributed by atoms with Crippen molar-refractivity contribution in [3.05, 3.63) is 48.0 Å². The van der Waals surface area contributed by atoms with Gasteiger partial charge in [0.15, 0.2) is 0 Å². The van der Waals surface area contributed by atoms with Gasteiger partial charge in [-0.25, -0.2) is 9.97 Å². The average molecular weight is 450 g/mol. The number of fused-ring (bicyclic) bond motifs is 2. The van der Waals surface area contributed by atoms with Crippen LogP contribution in [0.1, 0.15) is 24.5 Å². The van der Waals surface area contributed by atoms with E-state index in [1.807, 2.05) is 0 Å². The molecule has 4 N–H and O–H groups in total. The lowest BCUT2D eigenvalue weighted by atomic mass is 10.2. The Morgan fingerprint density at radius 2 is 1.10 bits per heavy atom. The summed E-state index contributed by atoms with van der Waals surface area (Å²) in [5.74, 6) is 1.19. The third kappa shape index (κ3) is 4.07. The Kier molecular flexibility index (Phi) is 5.10. The maximum Gasteiger partial charge on any atom is 0.296 e. The van der Waals surface area contributed by atoms with Crippen LogP contribution >= 0.6 is 0 Å². The number of aryl methyl sites for hydroxylation is 2. The number of imidazole rings is 2. The number of unbranched alkanes of at least 4 members (excludes halogenated alkanes) is 1. The molecule has 0 aliphatic carbocycles. The Morgan fingerprint density at radius 3 is 1.47 bits per heavy atom. The van der Waals surface area contributed by atoms with Gasteiger partial charge in [0.1, 0.15) is 32.5 Å².